The fourth-order valence-electron chi connectivity index (χ4n) is 2.17. The van der Waals surface area contributed by atoms with Crippen molar-refractivity contribution in [3.63, 3.8) is 0 Å². The molecule has 0 saturated heterocycles. The molecule has 0 spiro atoms. The highest BCUT2D eigenvalue weighted by Crippen LogP contribution is 2.27. The quantitative estimate of drug-likeness (QED) is 0.544. The molecule has 0 heterocycles. The molecule has 0 atom stereocenters. The number of hydrogen-bond acceptors (Lipinski definition) is 4. The summed E-state index contributed by atoms with van der Waals surface area (Å²) in [6.45, 7) is 0. The summed E-state index contributed by atoms with van der Waals surface area (Å²) in [6.07, 6.45) is 0.892. The summed E-state index contributed by atoms with van der Waals surface area (Å²) in [5.74, 6) is 1.15. The SMILES string of the molecule is COc1ccc(CCC(=O)NNC(=S)Nc2ccccc2)cc1OC. The van der Waals surface area contributed by atoms with Gasteiger partial charge in [-0.1, -0.05) is 24.3 Å². The summed E-state index contributed by atoms with van der Waals surface area (Å²) in [7, 11) is 3.17. The lowest BCUT2D eigenvalue weighted by molar-refractivity contribution is -0.121. The number of rotatable bonds is 6. The maximum Gasteiger partial charge on any atom is 0.238 e. The van der Waals surface area contributed by atoms with Gasteiger partial charge in [-0.15, -0.1) is 0 Å². The highest BCUT2D eigenvalue weighted by atomic mass is 32.1. The number of thiocarbonyl (C=S) groups is 1. The van der Waals surface area contributed by atoms with Crippen LogP contribution in [0.15, 0.2) is 48.5 Å². The summed E-state index contributed by atoms with van der Waals surface area (Å²) >= 11 is 5.13. The van der Waals surface area contributed by atoms with Gasteiger partial charge in [-0.25, -0.2) is 0 Å². The van der Waals surface area contributed by atoms with Gasteiger partial charge < -0.3 is 14.8 Å². The number of hydrazine groups is 1. The van der Waals surface area contributed by atoms with Crippen molar-refractivity contribution in [2.75, 3.05) is 19.5 Å². The number of nitrogens with one attached hydrogen (secondary N) is 3. The average molecular weight is 359 g/mol. The van der Waals surface area contributed by atoms with Crippen LogP contribution in [0.3, 0.4) is 0 Å². The fraction of sp³-hybridized carbons (Fsp3) is 0.222. The maximum absolute atomic E-state index is 11.9. The lowest BCUT2D eigenvalue weighted by Gasteiger charge is -2.12. The molecule has 6 nitrogen and oxygen atoms in total. The van der Waals surface area contributed by atoms with Crippen molar-refractivity contribution < 1.29 is 14.3 Å². The predicted molar refractivity (Wildman–Crippen MR) is 102 cm³/mol. The van der Waals surface area contributed by atoms with Crippen LogP contribution in [0.2, 0.25) is 0 Å². The smallest absolute Gasteiger partial charge is 0.238 e. The summed E-state index contributed by atoms with van der Waals surface area (Å²) in [4.78, 5) is 11.9. The van der Waals surface area contributed by atoms with Crippen LogP contribution in [-0.4, -0.2) is 25.2 Å². The molecule has 0 aliphatic rings. The van der Waals surface area contributed by atoms with E-state index >= 15 is 0 Å². The largest absolute Gasteiger partial charge is 0.493 e. The monoisotopic (exact) mass is 359 g/mol. The first-order chi connectivity index (χ1) is 12.1. The Morgan fingerprint density at radius 2 is 1.72 bits per heavy atom. The van der Waals surface area contributed by atoms with Gasteiger partial charge in [0, 0.05) is 12.1 Å². The topological polar surface area (TPSA) is 71.6 Å². The molecule has 25 heavy (non-hydrogen) atoms. The number of aryl methyl sites for hydroxylation is 1. The van der Waals surface area contributed by atoms with E-state index in [4.69, 9.17) is 21.7 Å². The van der Waals surface area contributed by atoms with Crippen molar-refractivity contribution in [1.29, 1.82) is 0 Å². The van der Waals surface area contributed by atoms with Crippen molar-refractivity contribution in [3.8, 4) is 11.5 Å². The van der Waals surface area contributed by atoms with E-state index in [1.807, 2.05) is 48.5 Å². The number of amides is 1. The van der Waals surface area contributed by atoms with E-state index in [0.717, 1.165) is 11.3 Å². The van der Waals surface area contributed by atoms with Gasteiger partial charge in [0.2, 0.25) is 5.91 Å². The molecule has 0 saturated carbocycles. The van der Waals surface area contributed by atoms with E-state index in [0.29, 0.717) is 29.5 Å². The van der Waals surface area contributed by atoms with Crippen LogP contribution in [0.1, 0.15) is 12.0 Å². The lowest BCUT2D eigenvalue weighted by atomic mass is 10.1. The lowest BCUT2D eigenvalue weighted by Crippen LogP contribution is -2.43. The van der Waals surface area contributed by atoms with E-state index in [9.17, 15) is 4.79 Å². The number of carbonyl (C=O) groups excluding carboxylic acids is 1. The number of methoxy groups -OCH3 is 2. The number of anilines is 1. The number of para-hydroxylation sites is 1. The Balaban J connectivity index is 1.76. The Labute approximate surface area is 152 Å². The third-order valence-electron chi connectivity index (χ3n) is 3.44. The second-order valence-electron chi connectivity index (χ2n) is 5.18. The molecule has 2 rings (SSSR count). The average Bonchev–Trinajstić information content (AvgIpc) is 2.65. The van der Waals surface area contributed by atoms with E-state index in [2.05, 4.69) is 16.2 Å². The van der Waals surface area contributed by atoms with Gasteiger partial charge in [0.25, 0.3) is 0 Å². The van der Waals surface area contributed by atoms with E-state index in [1.165, 1.54) is 0 Å². The molecule has 132 valence electrons. The zero-order chi connectivity index (χ0) is 18.1. The van der Waals surface area contributed by atoms with Crippen LogP contribution in [-0.2, 0) is 11.2 Å². The Hall–Kier alpha value is -2.80. The number of benzene rings is 2. The van der Waals surface area contributed by atoms with E-state index in [-0.39, 0.29) is 5.91 Å². The second kappa shape index (κ2) is 9.48. The third-order valence-corrected chi connectivity index (χ3v) is 3.64. The van der Waals surface area contributed by atoms with Crippen molar-refractivity contribution in [2.24, 2.45) is 0 Å². The van der Waals surface area contributed by atoms with Gasteiger partial charge in [0.1, 0.15) is 0 Å². The Kier molecular flexibility index (Phi) is 7.03. The zero-order valence-corrected chi connectivity index (χ0v) is 15.0. The van der Waals surface area contributed by atoms with Crippen molar-refractivity contribution >= 4 is 28.9 Å². The first-order valence-electron chi connectivity index (χ1n) is 7.74. The van der Waals surface area contributed by atoms with Gasteiger partial charge in [-0.2, -0.15) is 0 Å². The Bertz CT molecular complexity index is 723. The van der Waals surface area contributed by atoms with Crippen LogP contribution in [0.4, 0.5) is 5.69 Å². The second-order valence-corrected chi connectivity index (χ2v) is 5.59. The minimum atomic E-state index is -0.160. The standard InChI is InChI=1S/C18H21N3O3S/c1-23-15-10-8-13(12-16(15)24-2)9-11-17(22)20-21-18(25)19-14-6-4-3-5-7-14/h3-8,10,12H,9,11H2,1-2H3,(H,20,22)(H2,19,21,25). The molecule has 1 amide bonds. The minimum Gasteiger partial charge on any atom is -0.493 e. The highest BCUT2D eigenvalue weighted by molar-refractivity contribution is 7.80. The molecule has 0 aliphatic heterocycles. The number of hydrogen-bond donors (Lipinski definition) is 3. The van der Waals surface area contributed by atoms with Crippen LogP contribution in [0.5, 0.6) is 11.5 Å². The van der Waals surface area contributed by atoms with Gasteiger partial charge in [0.15, 0.2) is 16.6 Å². The molecule has 2 aromatic rings. The normalized spacial score (nSPS) is 9.84. The summed E-state index contributed by atoms with van der Waals surface area (Å²) < 4.78 is 10.5. The summed E-state index contributed by atoms with van der Waals surface area (Å²) in [6, 6.07) is 15.1. The van der Waals surface area contributed by atoms with Crippen LogP contribution < -0.4 is 25.6 Å². The number of ether oxygens (including phenoxy) is 2. The zero-order valence-electron chi connectivity index (χ0n) is 14.2. The minimum absolute atomic E-state index is 0.160. The number of carbonyl (C=O) groups is 1. The molecular formula is C18H21N3O3S. The molecule has 0 radical (unpaired) electrons. The predicted octanol–water partition coefficient (Wildman–Crippen LogP) is 2.65. The molecule has 0 aromatic heterocycles. The van der Waals surface area contributed by atoms with Crippen LogP contribution in [0.25, 0.3) is 0 Å². The molecular weight excluding hydrogens is 338 g/mol. The van der Waals surface area contributed by atoms with Gasteiger partial charge in [0.05, 0.1) is 14.2 Å². The fourth-order valence-corrected chi connectivity index (χ4v) is 2.34. The third kappa shape index (κ3) is 5.96. The Morgan fingerprint density at radius 1 is 1.00 bits per heavy atom. The highest BCUT2D eigenvalue weighted by Gasteiger charge is 2.07. The maximum atomic E-state index is 11.9. The molecule has 0 bridgehead atoms. The molecule has 0 aliphatic carbocycles. The Morgan fingerprint density at radius 3 is 2.40 bits per heavy atom. The molecule has 7 heteroatoms. The van der Waals surface area contributed by atoms with Crippen molar-refractivity contribution in [1.82, 2.24) is 10.9 Å². The van der Waals surface area contributed by atoms with Crippen LogP contribution >= 0.6 is 12.2 Å². The van der Waals surface area contributed by atoms with Gasteiger partial charge >= 0.3 is 0 Å². The molecule has 0 unspecified atom stereocenters. The first kappa shape index (κ1) is 18.5. The summed E-state index contributed by atoms with van der Waals surface area (Å²) in [5, 5.41) is 3.30. The van der Waals surface area contributed by atoms with Crippen molar-refractivity contribution in [2.45, 2.75) is 12.8 Å². The van der Waals surface area contributed by atoms with E-state index < -0.39 is 0 Å². The van der Waals surface area contributed by atoms with E-state index in [1.54, 1.807) is 14.2 Å². The molecule has 2 aromatic carbocycles. The van der Waals surface area contributed by atoms with Crippen LogP contribution in [0, 0.1) is 0 Å². The van der Waals surface area contributed by atoms with Crippen molar-refractivity contribution in [3.05, 3.63) is 54.1 Å². The molecule has 3 N–H and O–H groups in total. The first-order valence-corrected chi connectivity index (χ1v) is 8.15. The molecule has 0 fully saturated rings. The summed E-state index contributed by atoms with van der Waals surface area (Å²) in [5.41, 5.74) is 7.09. The van der Waals surface area contributed by atoms with Gasteiger partial charge in [-0.3, -0.25) is 15.6 Å². The van der Waals surface area contributed by atoms with Gasteiger partial charge in [-0.05, 0) is 48.5 Å².